The lowest BCUT2D eigenvalue weighted by Crippen LogP contribution is -2.28. The molecule has 1 fully saturated rings. The SMILES string of the molecule is CC1CCN(C(=O)CCc2ccccc2)C1. The Hall–Kier alpha value is -1.31. The summed E-state index contributed by atoms with van der Waals surface area (Å²) in [6.45, 7) is 4.12. The summed E-state index contributed by atoms with van der Waals surface area (Å²) in [5, 5.41) is 0. The van der Waals surface area contributed by atoms with Crippen LogP contribution in [0.5, 0.6) is 0 Å². The first-order valence-corrected chi connectivity index (χ1v) is 6.07. The number of amides is 1. The van der Waals surface area contributed by atoms with Crippen molar-refractivity contribution in [2.45, 2.75) is 26.2 Å². The predicted molar refractivity (Wildman–Crippen MR) is 65.1 cm³/mol. The molecule has 1 aliphatic heterocycles. The zero-order valence-corrected chi connectivity index (χ0v) is 9.86. The molecule has 1 amide bonds. The van der Waals surface area contributed by atoms with E-state index in [0.717, 1.165) is 25.9 Å². The second kappa shape index (κ2) is 5.15. The lowest BCUT2D eigenvalue weighted by molar-refractivity contribution is -0.130. The Bertz CT molecular complexity index is 347. The normalized spacial score (nSPS) is 20.1. The molecule has 0 aromatic heterocycles. The minimum absolute atomic E-state index is 0.313. The summed E-state index contributed by atoms with van der Waals surface area (Å²) >= 11 is 0. The third-order valence-electron chi connectivity index (χ3n) is 3.25. The summed E-state index contributed by atoms with van der Waals surface area (Å²) < 4.78 is 0. The van der Waals surface area contributed by atoms with Crippen molar-refractivity contribution in [1.82, 2.24) is 4.90 Å². The van der Waals surface area contributed by atoms with Gasteiger partial charge in [0.05, 0.1) is 0 Å². The zero-order chi connectivity index (χ0) is 11.4. The highest BCUT2D eigenvalue weighted by Gasteiger charge is 2.22. The third-order valence-corrected chi connectivity index (χ3v) is 3.25. The first-order chi connectivity index (χ1) is 7.75. The van der Waals surface area contributed by atoms with Crippen LogP contribution in [0.15, 0.2) is 30.3 Å². The van der Waals surface area contributed by atoms with Gasteiger partial charge in [-0.15, -0.1) is 0 Å². The van der Waals surface area contributed by atoms with Gasteiger partial charge in [-0.2, -0.15) is 0 Å². The van der Waals surface area contributed by atoms with E-state index in [4.69, 9.17) is 0 Å². The number of aryl methyl sites for hydroxylation is 1. The molecule has 0 spiro atoms. The van der Waals surface area contributed by atoms with Crippen molar-refractivity contribution in [3.8, 4) is 0 Å². The molecule has 0 aliphatic carbocycles. The summed E-state index contributed by atoms with van der Waals surface area (Å²) in [7, 11) is 0. The maximum absolute atomic E-state index is 11.9. The fraction of sp³-hybridized carbons (Fsp3) is 0.500. The van der Waals surface area contributed by atoms with Crippen molar-refractivity contribution in [3.63, 3.8) is 0 Å². The first-order valence-electron chi connectivity index (χ1n) is 6.07. The van der Waals surface area contributed by atoms with Gasteiger partial charge >= 0.3 is 0 Å². The number of likely N-dealkylation sites (tertiary alicyclic amines) is 1. The number of rotatable bonds is 3. The van der Waals surface area contributed by atoms with Crippen LogP contribution in [0.4, 0.5) is 0 Å². The van der Waals surface area contributed by atoms with Gasteiger partial charge in [-0.25, -0.2) is 0 Å². The van der Waals surface area contributed by atoms with Gasteiger partial charge in [0.2, 0.25) is 5.91 Å². The molecule has 1 heterocycles. The molecule has 0 saturated carbocycles. The third kappa shape index (κ3) is 2.84. The highest BCUT2D eigenvalue weighted by atomic mass is 16.2. The van der Waals surface area contributed by atoms with Crippen LogP contribution in [0.3, 0.4) is 0 Å². The maximum Gasteiger partial charge on any atom is 0.222 e. The second-order valence-corrected chi connectivity index (χ2v) is 4.72. The van der Waals surface area contributed by atoms with E-state index < -0.39 is 0 Å². The van der Waals surface area contributed by atoms with E-state index in [1.54, 1.807) is 0 Å². The number of hydrogen-bond acceptors (Lipinski definition) is 1. The molecule has 0 N–H and O–H groups in total. The smallest absolute Gasteiger partial charge is 0.222 e. The van der Waals surface area contributed by atoms with Gasteiger partial charge in [0.1, 0.15) is 0 Å². The monoisotopic (exact) mass is 217 g/mol. The van der Waals surface area contributed by atoms with Crippen LogP contribution in [0.25, 0.3) is 0 Å². The van der Waals surface area contributed by atoms with Crippen LogP contribution in [0.2, 0.25) is 0 Å². The zero-order valence-electron chi connectivity index (χ0n) is 9.86. The van der Waals surface area contributed by atoms with Crippen molar-refractivity contribution < 1.29 is 4.79 Å². The quantitative estimate of drug-likeness (QED) is 0.761. The molecule has 2 rings (SSSR count). The van der Waals surface area contributed by atoms with E-state index in [0.29, 0.717) is 18.2 Å². The van der Waals surface area contributed by atoms with Crippen molar-refractivity contribution in [2.24, 2.45) is 5.92 Å². The van der Waals surface area contributed by atoms with Gasteiger partial charge in [-0.3, -0.25) is 4.79 Å². The van der Waals surface area contributed by atoms with Gasteiger partial charge in [-0.05, 0) is 24.3 Å². The average Bonchev–Trinajstić information content (AvgIpc) is 2.74. The van der Waals surface area contributed by atoms with Crippen LogP contribution >= 0.6 is 0 Å². The molecule has 1 aliphatic rings. The lowest BCUT2D eigenvalue weighted by Gasteiger charge is -2.15. The van der Waals surface area contributed by atoms with Crippen molar-refractivity contribution >= 4 is 5.91 Å². The van der Waals surface area contributed by atoms with Crippen LogP contribution < -0.4 is 0 Å². The molecule has 1 atom stereocenters. The molecule has 2 heteroatoms. The maximum atomic E-state index is 11.9. The predicted octanol–water partition coefficient (Wildman–Crippen LogP) is 2.49. The molecule has 1 unspecified atom stereocenters. The highest BCUT2D eigenvalue weighted by molar-refractivity contribution is 5.76. The number of carbonyl (C=O) groups excluding carboxylic acids is 1. The number of hydrogen-bond donors (Lipinski definition) is 0. The number of benzene rings is 1. The van der Waals surface area contributed by atoms with Gasteiger partial charge in [0.15, 0.2) is 0 Å². The molecular weight excluding hydrogens is 198 g/mol. The van der Waals surface area contributed by atoms with E-state index in [1.807, 2.05) is 23.1 Å². The Kier molecular flexibility index (Phi) is 3.60. The van der Waals surface area contributed by atoms with E-state index in [-0.39, 0.29) is 0 Å². The fourth-order valence-electron chi connectivity index (χ4n) is 2.22. The van der Waals surface area contributed by atoms with Gasteiger partial charge in [0, 0.05) is 19.5 Å². The van der Waals surface area contributed by atoms with Crippen LogP contribution in [0, 0.1) is 5.92 Å². The lowest BCUT2D eigenvalue weighted by atomic mass is 10.1. The Balaban J connectivity index is 1.80. The van der Waals surface area contributed by atoms with Crippen LogP contribution in [-0.4, -0.2) is 23.9 Å². The highest BCUT2D eigenvalue weighted by Crippen LogP contribution is 2.16. The van der Waals surface area contributed by atoms with Gasteiger partial charge in [0.25, 0.3) is 0 Å². The summed E-state index contributed by atoms with van der Waals surface area (Å²) in [4.78, 5) is 13.9. The topological polar surface area (TPSA) is 20.3 Å². The van der Waals surface area contributed by atoms with Gasteiger partial charge in [-0.1, -0.05) is 37.3 Å². The number of nitrogens with zero attached hydrogens (tertiary/aromatic N) is 1. The molecule has 1 aromatic carbocycles. The van der Waals surface area contributed by atoms with Crippen LogP contribution in [0.1, 0.15) is 25.3 Å². The van der Waals surface area contributed by atoms with E-state index in [9.17, 15) is 4.79 Å². The Morgan fingerprint density at radius 1 is 1.38 bits per heavy atom. The summed E-state index contributed by atoms with van der Waals surface area (Å²) in [5.74, 6) is 0.994. The Morgan fingerprint density at radius 3 is 2.75 bits per heavy atom. The molecule has 86 valence electrons. The largest absolute Gasteiger partial charge is 0.342 e. The Morgan fingerprint density at radius 2 is 2.12 bits per heavy atom. The van der Waals surface area contributed by atoms with Crippen molar-refractivity contribution in [1.29, 1.82) is 0 Å². The fourth-order valence-corrected chi connectivity index (χ4v) is 2.22. The molecular formula is C14H19NO. The molecule has 0 bridgehead atoms. The minimum atomic E-state index is 0.313. The summed E-state index contributed by atoms with van der Waals surface area (Å²) in [6.07, 6.45) is 2.68. The van der Waals surface area contributed by atoms with E-state index in [2.05, 4.69) is 19.1 Å². The van der Waals surface area contributed by atoms with E-state index >= 15 is 0 Å². The van der Waals surface area contributed by atoms with E-state index in [1.165, 1.54) is 5.56 Å². The summed E-state index contributed by atoms with van der Waals surface area (Å²) in [5.41, 5.74) is 1.25. The van der Waals surface area contributed by atoms with Crippen LogP contribution in [-0.2, 0) is 11.2 Å². The molecule has 16 heavy (non-hydrogen) atoms. The average molecular weight is 217 g/mol. The standard InChI is InChI=1S/C14H19NO/c1-12-9-10-15(11-12)14(16)8-7-13-5-3-2-4-6-13/h2-6,12H,7-11H2,1H3. The van der Waals surface area contributed by atoms with Crippen molar-refractivity contribution in [3.05, 3.63) is 35.9 Å². The molecule has 0 radical (unpaired) electrons. The molecule has 1 aromatic rings. The van der Waals surface area contributed by atoms with Crippen molar-refractivity contribution in [2.75, 3.05) is 13.1 Å². The minimum Gasteiger partial charge on any atom is -0.342 e. The second-order valence-electron chi connectivity index (χ2n) is 4.72. The Labute approximate surface area is 97.3 Å². The summed E-state index contributed by atoms with van der Waals surface area (Å²) in [6, 6.07) is 10.2. The number of carbonyl (C=O) groups is 1. The molecule has 1 saturated heterocycles. The molecule has 2 nitrogen and oxygen atoms in total. The van der Waals surface area contributed by atoms with Gasteiger partial charge < -0.3 is 4.90 Å². The first kappa shape index (κ1) is 11.2.